The molecule has 4 atom stereocenters. The van der Waals surface area contributed by atoms with Crippen molar-refractivity contribution in [2.45, 2.75) is 84.4 Å². The highest BCUT2D eigenvalue weighted by Gasteiger charge is 2.46. The molecule has 2 aliphatic heterocycles. The lowest BCUT2D eigenvalue weighted by Crippen LogP contribution is -2.64. The lowest BCUT2D eigenvalue weighted by Gasteiger charge is -2.42. The molecule has 2 aromatic rings. The van der Waals surface area contributed by atoms with E-state index < -0.39 is 65.0 Å². The first kappa shape index (κ1) is 35.9. The summed E-state index contributed by atoms with van der Waals surface area (Å²) in [6.45, 7) is 10.3. The number of aromatic nitrogens is 1. The van der Waals surface area contributed by atoms with Gasteiger partial charge < -0.3 is 25.0 Å². The number of rotatable bonds is 10. The third-order valence-electron chi connectivity index (χ3n) is 8.57. The minimum Gasteiger partial charge on any atom is -0.480 e. The fourth-order valence-electron chi connectivity index (χ4n) is 5.35. The summed E-state index contributed by atoms with van der Waals surface area (Å²) in [6.07, 6.45) is 3.56. The summed E-state index contributed by atoms with van der Waals surface area (Å²) in [5, 5.41) is 25.0. The number of aliphatic hydroxyl groups is 1. The first-order chi connectivity index (χ1) is 22.0. The molecule has 0 spiro atoms. The van der Waals surface area contributed by atoms with Crippen molar-refractivity contribution in [3.05, 3.63) is 47.7 Å². The molecule has 0 aliphatic carbocycles. The van der Waals surface area contributed by atoms with Crippen LogP contribution in [0.2, 0.25) is 0 Å². The van der Waals surface area contributed by atoms with E-state index in [4.69, 9.17) is 15.3 Å². The number of carbonyl (C=O) groups excluding carboxylic acids is 3. The molecule has 0 unspecified atom stereocenters. The number of carboxylic acid groups (broad SMARTS) is 1. The van der Waals surface area contributed by atoms with Crippen molar-refractivity contribution in [2.75, 3.05) is 19.8 Å². The number of pyridine rings is 1. The number of fused-ring (bicyclic) bond motifs is 1. The number of ether oxygens (including phenoxy) is 2. The third kappa shape index (κ3) is 8.32. The largest absolute Gasteiger partial charge is 0.480 e. The maximum absolute atomic E-state index is 14.1. The number of benzene rings is 1. The summed E-state index contributed by atoms with van der Waals surface area (Å²) < 4.78 is 11.8. The van der Waals surface area contributed by atoms with Crippen LogP contribution in [0, 0.1) is 11.3 Å². The van der Waals surface area contributed by atoms with E-state index in [0.29, 0.717) is 24.1 Å². The maximum atomic E-state index is 14.1. The van der Waals surface area contributed by atoms with Crippen LogP contribution in [-0.4, -0.2) is 92.6 Å². The maximum Gasteiger partial charge on any atom is 0.322 e. The van der Waals surface area contributed by atoms with Gasteiger partial charge in [0.1, 0.15) is 23.5 Å². The van der Waals surface area contributed by atoms with E-state index in [1.807, 2.05) is 24.3 Å². The van der Waals surface area contributed by atoms with Crippen molar-refractivity contribution < 1.29 is 38.9 Å². The van der Waals surface area contributed by atoms with Crippen molar-refractivity contribution in [3.8, 4) is 0 Å². The summed E-state index contributed by atoms with van der Waals surface area (Å²) in [5.74, 6) is 1.98. The van der Waals surface area contributed by atoms with Gasteiger partial charge in [0.25, 0.3) is 11.8 Å². The molecule has 2 saturated heterocycles. The van der Waals surface area contributed by atoms with Crippen LogP contribution in [0.4, 0.5) is 0 Å². The predicted molar refractivity (Wildman–Crippen MR) is 173 cm³/mol. The van der Waals surface area contributed by atoms with Gasteiger partial charge in [0.2, 0.25) is 5.91 Å². The topological polar surface area (TPSA) is 197 Å². The predicted octanol–water partition coefficient (Wildman–Crippen LogP) is 1.88. The van der Waals surface area contributed by atoms with Crippen molar-refractivity contribution in [2.24, 2.45) is 17.2 Å². The summed E-state index contributed by atoms with van der Waals surface area (Å²) in [6, 6.07) is 6.09. The highest BCUT2D eigenvalue weighted by molar-refractivity contribution is 5.94. The van der Waals surface area contributed by atoms with Crippen LogP contribution in [0.25, 0.3) is 17.0 Å². The number of aliphatic carboxylic acids is 1. The van der Waals surface area contributed by atoms with E-state index in [2.05, 4.69) is 15.7 Å². The van der Waals surface area contributed by atoms with Gasteiger partial charge in [-0.05, 0) is 64.2 Å². The van der Waals surface area contributed by atoms with Gasteiger partial charge in [-0.2, -0.15) is 0 Å². The molecule has 2 aliphatic rings. The number of hydrazine groups is 2. The molecule has 0 radical (unpaired) electrons. The molecule has 4 rings (SSSR count). The van der Waals surface area contributed by atoms with Gasteiger partial charge in [-0.3, -0.25) is 34.2 Å². The van der Waals surface area contributed by atoms with Crippen LogP contribution in [-0.2, 0) is 28.7 Å². The SMILES string of the molecule is CC(C)[C@H](NC(=O)C1(/C=C/c2ccc3ccc([C@@H](C)O)nc3c2)COC(C)(C)OC1)C(=O)N(N)[C@@H](C)C(=O)N1CCC[C@@H](C(=O)O)N1. The van der Waals surface area contributed by atoms with E-state index in [0.717, 1.165) is 16.0 Å². The highest BCUT2D eigenvalue weighted by Crippen LogP contribution is 2.33. The molecule has 1 aromatic heterocycles. The van der Waals surface area contributed by atoms with Gasteiger partial charge in [-0.1, -0.05) is 44.2 Å². The van der Waals surface area contributed by atoms with Gasteiger partial charge in [-0.25, -0.2) is 11.3 Å². The first-order valence-corrected chi connectivity index (χ1v) is 15.8. The smallest absolute Gasteiger partial charge is 0.322 e. The number of carbonyl (C=O) groups is 4. The molecule has 1 aromatic carbocycles. The summed E-state index contributed by atoms with van der Waals surface area (Å²) >= 11 is 0. The Morgan fingerprint density at radius 3 is 2.40 bits per heavy atom. The monoisotopic (exact) mass is 654 g/mol. The van der Waals surface area contributed by atoms with Crippen LogP contribution in [0.5, 0.6) is 0 Å². The number of nitrogens with zero attached hydrogens (tertiary/aromatic N) is 3. The van der Waals surface area contributed by atoms with Crippen molar-refractivity contribution in [3.63, 3.8) is 0 Å². The molecule has 2 fully saturated rings. The molecular formula is C33H46N6O8. The van der Waals surface area contributed by atoms with Gasteiger partial charge in [-0.15, -0.1) is 0 Å². The second-order valence-corrected chi connectivity index (χ2v) is 13.1. The minimum atomic E-state index is -1.32. The number of hydrogen-bond donors (Lipinski definition) is 5. The Labute approximate surface area is 274 Å². The average Bonchev–Trinajstić information content (AvgIpc) is 3.04. The summed E-state index contributed by atoms with van der Waals surface area (Å²) in [5.41, 5.74) is 3.32. The number of amides is 3. The second-order valence-electron chi connectivity index (χ2n) is 13.1. The molecule has 0 saturated carbocycles. The van der Waals surface area contributed by atoms with Crippen LogP contribution < -0.4 is 16.6 Å². The number of nitrogens with two attached hydrogens (primary N) is 1. The molecule has 6 N–H and O–H groups in total. The highest BCUT2D eigenvalue weighted by atomic mass is 16.7. The molecule has 256 valence electrons. The minimum absolute atomic E-state index is 0.0358. The molecule has 0 bridgehead atoms. The Bertz CT molecular complexity index is 1520. The number of nitrogens with one attached hydrogen (secondary N) is 2. The van der Waals surface area contributed by atoms with Gasteiger partial charge in [0.05, 0.1) is 30.5 Å². The standard InChI is InChI=1S/C33H46N6O8/c1-19(2)27(29(42)39(34)20(3)28(41)38-15-7-8-25(37-38)30(43)44)36-31(45)33(17-46-32(5,6)47-18-33)14-13-22-9-10-23-11-12-24(21(4)40)35-26(23)16-22/h9-14,16,19-21,25,27,37,40H,7-8,15,17-18,34H2,1-6H3,(H,36,45)(H,43,44)/b14-13+/t20-,21+,25-,27-/m0/s1. The van der Waals surface area contributed by atoms with Crippen molar-refractivity contribution in [1.82, 2.24) is 25.7 Å². The number of hydrogen-bond acceptors (Lipinski definition) is 10. The van der Waals surface area contributed by atoms with Gasteiger partial charge in [0.15, 0.2) is 5.79 Å². The Hall–Kier alpha value is -3.95. The number of aliphatic hydroxyl groups excluding tert-OH is 1. The fraction of sp³-hybridized carbons (Fsp3) is 0.545. The average molecular weight is 655 g/mol. The van der Waals surface area contributed by atoms with E-state index in [1.54, 1.807) is 52.8 Å². The summed E-state index contributed by atoms with van der Waals surface area (Å²) in [7, 11) is 0. The molecule has 14 nitrogen and oxygen atoms in total. The van der Waals surface area contributed by atoms with Crippen LogP contribution >= 0.6 is 0 Å². The van der Waals surface area contributed by atoms with Crippen molar-refractivity contribution >= 4 is 40.7 Å². The first-order valence-electron chi connectivity index (χ1n) is 15.8. The molecule has 14 heteroatoms. The van der Waals surface area contributed by atoms with E-state index in [-0.39, 0.29) is 19.8 Å². The molecular weight excluding hydrogens is 608 g/mol. The normalized spacial score (nSPS) is 21.3. The Morgan fingerprint density at radius 1 is 1.13 bits per heavy atom. The summed E-state index contributed by atoms with van der Waals surface area (Å²) in [4.78, 5) is 56.9. The zero-order chi connectivity index (χ0) is 34.7. The van der Waals surface area contributed by atoms with Crippen molar-refractivity contribution in [1.29, 1.82) is 0 Å². The molecule has 3 amide bonds. The van der Waals surface area contributed by atoms with Gasteiger partial charge >= 0.3 is 5.97 Å². The van der Waals surface area contributed by atoms with Crippen LogP contribution in [0.1, 0.15) is 71.7 Å². The van der Waals surface area contributed by atoms with E-state index in [1.165, 1.54) is 11.9 Å². The molecule has 47 heavy (non-hydrogen) atoms. The van der Waals surface area contributed by atoms with Crippen LogP contribution in [0.3, 0.4) is 0 Å². The zero-order valence-electron chi connectivity index (χ0n) is 27.7. The number of carboxylic acids is 1. The Morgan fingerprint density at radius 2 is 1.79 bits per heavy atom. The van der Waals surface area contributed by atoms with E-state index in [9.17, 15) is 29.4 Å². The lowest BCUT2D eigenvalue weighted by molar-refractivity contribution is -0.272. The Balaban J connectivity index is 1.55. The fourth-order valence-corrected chi connectivity index (χ4v) is 5.35. The third-order valence-corrected chi connectivity index (χ3v) is 8.57. The van der Waals surface area contributed by atoms with Gasteiger partial charge in [0, 0.05) is 11.9 Å². The van der Waals surface area contributed by atoms with E-state index >= 15 is 0 Å². The lowest BCUT2D eigenvalue weighted by atomic mass is 9.85. The quantitative estimate of drug-likeness (QED) is 0.143. The van der Waals surface area contributed by atoms with Crippen LogP contribution in [0.15, 0.2) is 36.4 Å². The Kier molecular flexibility index (Phi) is 11.0. The zero-order valence-corrected chi connectivity index (χ0v) is 27.7. The second kappa shape index (κ2) is 14.4. The molecule has 3 heterocycles.